The summed E-state index contributed by atoms with van der Waals surface area (Å²) in [5.74, 6) is 0.798. The molecule has 3 N–H and O–H groups in total. The monoisotopic (exact) mass is 314 g/mol. The van der Waals surface area contributed by atoms with E-state index in [4.69, 9.17) is 17.3 Å². The number of nitrogens with two attached hydrogens (primary N) is 1. The Labute approximate surface area is 130 Å². The first kappa shape index (κ1) is 17.3. The van der Waals surface area contributed by atoms with E-state index in [1.54, 1.807) is 17.8 Å². The Hall–Kier alpha value is -0.710. The van der Waals surface area contributed by atoms with Crippen LogP contribution in [0.4, 0.5) is 0 Å². The van der Waals surface area contributed by atoms with Crippen LogP contribution < -0.4 is 11.1 Å². The first-order chi connectivity index (χ1) is 9.45. The van der Waals surface area contributed by atoms with Crippen molar-refractivity contribution in [2.24, 2.45) is 5.73 Å². The quantitative estimate of drug-likeness (QED) is 0.754. The maximum atomic E-state index is 12.3. The molecule has 0 unspecified atom stereocenters. The lowest BCUT2D eigenvalue weighted by atomic mass is 9.94. The number of hydrogen-bond acceptors (Lipinski definition) is 3. The number of benzene rings is 1. The van der Waals surface area contributed by atoms with Crippen molar-refractivity contribution < 1.29 is 4.79 Å². The van der Waals surface area contributed by atoms with Gasteiger partial charge in [0, 0.05) is 22.0 Å². The number of amides is 1. The Bertz CT molecular complexity index is 461. The second kappa shape index (κ2) is 7.91. The summed E-state index contributed by atoms with van der Waals surface area (Å²) >= 11 is 7.62. The summed E-state index contributed by atoms with van der Waals surface area (Å²) in [4.78, 5) is 13.3. The average Bonchev–Trinajstić information content (AvgIpc) is 2.46. The lowest BCUT2D eigenvalue weighted by Gasteiger charge is -2.27. The summed E-state index contributed by atoms with van der Waals surface area (Å²) in [6, 6.07) is 5.41. The highest BCUT2D eigenvalue weighted by Gasteiger charge is 2.22. The van der Waals surface area contributed by atoms with Crippen molar-refractivity contribution in [2.45, 2.75) is 44.0 Å². The van der Waals surface area contributed by atoms with Gasteiger partial charge in [-0.3, -0.25) is 4.79 Å². The highest BCUT2D eigenvalue weighted by atomic mass is 35.5. The topological polar surface area (TPSA) is 55.1 Å². The van der Waals surface area contributed by atoms with E-state index in [0.717, 1.165) is 23.5 Å². The lowest BCUT2D eigenvalue weighted by Crippen LogP contribution is -2.49. The molecule has 0 aromatic heterocycles. The molecule has 0 atom stereocenters. The predicted octanol–water partition coefficient (Wildman–Crippen LogP) is 3.70. The van der Waals surface area contributed by atoms with Gasteiger partial charge in [-0.2, -0.15) is 0 Å². The molecule has 5 heteroatoms. The molecule has 0 heterocycles. The summed E-state index contributed by atoms with van der Waals surface area (Å²) in [7, 11) is 0. The number of carbonyl (C=O) groups is 1. The van der Waals surface area contributed by atoms with E-state index in [1.807, 2.05) is 26.0 Å². The predicted molar refractivity (Wildman–Crippen MR) is 87.7 cm³/mol. The Morgan fingerprint density at radius 3 is 2.55 bits per heavy atom. The third-order valence-corrected chi connectivity index (χ3v) is 4.69. The van der Waals surface area contributed by atoms with Crippen LogP contribution in [0.2, 0.25) is 5.02 Å². The van der Waals surface area contributed by atoms with Crippen molar-refractivity contribution in [2.75, 3.05) is 12.3 Å². The largest absolute Gasteiger partial charge is 0.350 e. The minimum Gasteiger partial charge on any atom is -0.350 e. The van der Waals surface area contributed by atoms with Gasteiger partial charge in [-0.25, -0.2) is 0 Å². The van der Waals surface area contributed by atoms with Gasteiger partial charge in [0.05, 0.1) is 5.56 Å². The van der Waals surface area contributed by atoms with Gasteiger partial charge in [0.2, 0.25) is 0 Å². The molecule has 0 aliphatic carbocycles. The first-order valence-electron chi connectivity index (χ1n) is 6.95. The molecule has 0 saturated carbocycles. The molecular weight excluding hydrogens is 292 g/mol. The molecule has 1 amide bonds. The van der Waals surface area contributed by atoms with Crippen LogP contribution >= 0.6 is 23.4 Å². The van der Waals surface area contributed by atoms with Gasteiger partial charge in [-0.05, 0) is 36.8 Å². The van der Waals surface area contributed by atoms with E-state index in [0.29, 0.717) is 17.1 Å². The fourth-order valence-electron chi connectivity index (χ4n) is 1.81. The third-order valence-electron chi connectivity index (χ3n) is 3.50. The van der Waals surface area contributed by atoms with Crippen LogP contribution in [0.3, 0.4) is 0 Å². The van der Waals surface area contributed by atoms with Crippen LogP contribution in [0, 0.1) is 0 Å². The maximum absolute atomic E-state index is 12.3. The fourth-order valence-corrected chi connectivity index (χ4v) is 2.77. The normalized spacial score (nSPS) is 11.4. The third kappa shape index (κ3) is 4.69. The lowest BCUT2D eigenvalue weighted by molar-refractivity contribution is 0.0939. The van der Waals surface area contributed by atoms with E-state index in [1.165, 1.54) is 0 Å². The van der Waals surface area contributed by atoms with E-state index < -0.39 is 0 Å². The van der Waals surface area contributed by atoms with Gasteiger partial charge in [0.15, 0.2) is 0 Å². The van der Waals surface area contributed by atoms with Crippen LogP contribution in [0.15, 0.2) is 23.1 Å². The van der Waals surface area contributed by atoms with E-state index in [9.17, 15) is 4.79 Å². The second-order valence-corrected chi connectivity index (χ2v) is 6.57. The van der Waals surface area contributed by atoms with Crippen LogP contribution in [0.5, 0.6) is 0 Å². The summed E-state index contributed by atoms with van der Waals surface area (Å²) in [6.07, 6.45) is 1.66. The van der Waals surface area contributed by atoms with Crippen molar-refractivity contribution in [3.8, 4) is 0 Å². The first-order valence-corrected chi connectivity index (χ1v) is 8.31. The SMILES string of the molecule is CCSc1ccc(Cl)cc1C(=O)NCC(N)(CC)CC. The van der Waals surface area contributed by atoms with Gasteiger partial charge in [-0.15, -0.1) is 11.8 Å². The molecule has 3 nitrogen and oxygen atoms in total. The standard InChI is InChI=1S/C15H23ClN2OS/c1-4-15(17,5-2)10-18-14(19)12-9-11(16)7-8-13(12)20-6-3/h7-9H,4-6,10,17H2,1-3H3,(H,18,19). The second-order valence-electron chi connectivity index (χ2n) is 4.83. The Kier molecular flexibility index (Phi) is 6.86. The van der Waals surface area contributed by atoms with Gasteiger partial charge in [0.25, 0.3) is 5.91 Å². The summed E-state index contributed by atoms with van der Waals surface area (Å²) in [5, 5.41) is 3.50. The molecular formula is C15H23ClN2OS. The molecule has 1 aromatic carbocycles. The molecule has 0 aliphatic heterocycles. The van der Waals surface area contributed by atoms with E-state index in [-0.39, 0.29) is 11.4 Å². The number of hydrogen-bond donors (Lipinski definition) is 2. The smallest absolute Gasteiger partial charge is 0.252 e. The number of thioether (sulfide) groups is 1. The molecule has 0 spiro atoms. The summed E-state index contributed by atoms with van der Waals surface area (Å²) in [6.45, 7) is 6.60. The highest BCUT2D eigenvalue weighted by molar-refractivity contribution is 7.99. The maximum Gasteiger partial charge on any atom is 0.252 e. The van der Waals surface area contributed by atoms with Crippen LogP contribution in [-0.2, 0) is 0 Å². The molecule has 0 bridgehead atoms. The van der Waals surface area contributed by atoms with Crippen molar-refractivity contribution in [3.05, 3.63) is 28.8 Å². The number of carbonyl (C=O) groups excluding carboxylic acids is 1. The van der Waals surface area contributed by atoms with Crippen LogP contribution in [-0.4, -0.2) is 23.7 Å². The van der Waals surface area contributed by atoms with Gasteiger partial charge in [-0.1, -0.05) is 32.4 Å². The molecule has 1 rings (SSSR count). The van der Waals surface area contributed by atoms with Crippen molar-refractivity contribution in [3.63, 3.8) is 0 Å². The molecule has 0 aliphatic rings. The average molecular weight is 315 g/mol. The van der Waals surface area contributed by atoms with Crippen LogP contribution in [0.25, 0.3) is 0 Å². The van der Waals surface area contributed by atoms with E-state index in [2.05, 4.69) is 12.2 Å². The van der Waals surface area contributed by atoms with Crippen molar-refractivity contribution >= 4 is 29.3 Å². The zero-order valence-electron chi connectivity index (χ0n) is 12.3. The van der Waals surface area contributed by atoms with Crippen molar-refractivity contribution in [1.29, 1.82) is 0 Å². The minimum atomic E-state index is -0.341. The van der Waals surface area contributed by atoms with Gasteiger partial charge >= 0.3 is 0 Å². The zero-order chi connectivity index (χ0) is 15.2. The van der Waals surface area contributed by atoms with E-state index >= 15 is 0 Å². The number of rotatable bonds is 7. The zero-order valence-corrected chi connectivity index (χ0v) is 13.9. The molecule has 1 aromatic rings. The Balaban J connectivity index is 2.84. The number of halogens is 1. The number of nitrogens with one attached hydrogen (secondary N) is 1. The Morgan fingerprint density at radius 2 is 2.00 bits per heavy atom. The van der Waals surface area contributed by atoms with Gasteiger partial charge < -0.3 is 11.1 Å². The van der Waals surface area contributed by atoms with Crippen molar-refractivity contribution in [1.82, 2.24) is 5.32 Å². The minimum absolute atomic E-state index is 0.111. The molecule has 20 heavy (non-hydrogen) atoms. The molecule has 112 valence electrons. The Morgan fingerprint density at radius 1 is 1.35 bits per heavy atom. The summed E-state index contributed by atoms with van der Waals surface area (Å²) < 4.78 is 0. The molecule has 0 saturated heterocycles. The molecule has 0 radical (unpaired) electrons. The summed E-state index contributed by atoms with van der Waals surface area (Å²) in [5.41, 5.74) is 6.49. The van der Waals surface area contributed by atoms with Gasteiger partial charge in [0.1, 0.15) is 0 Å². The van der Waals surface area contributed by atoms with Crippen LogP contribution in [0.1, 0.15) is 44.0 Å². The highest BCUT2D eigenvalue weighted by Crippen LogP contribution is 2.25. The molecule has 0 fully saturated rings. The fraction of sp³-hybridized carbons (Fsp3) is 0.533.